The second kappa shape index (κ2) is 7.99. The van der Waals surface area contributed by atoms with Gasteiger partial charge in [0, 0.05) is 11.7 Å². The van der Waals surface area contributed by atoms with Crippen molar-refractivity contribution in [3.63, 3.8) is 0 Å². The number of rotatable bonds is 8. The van der Waals surface area contributed by atoms with Crippen LogP contribution in [0.5, 0.6) is 0 Å². The highest BCUT2D eigenvalue weighted by molar-refractivity contribution is 5.25. The average molecular weight is 285 g/mol. The molecule has 0 bridgehead atoms. The van der Waals surface area contributed by atoms with Crippen molar-refractivity contribution in [2.75, 3.05) is 6.54 Å². The Morgan fingerprint density at radius 3 is 2.52 bits per heavy atom. The lowest BCUT2D eigenvalue weighted by atomic mass is 10.0. The molecule has 1 aromatic heterocycles. The Balaban J connectivity index is 1.80. The largest absolute Gasteiger partial charge is 0.310 e. The van der Waals surface area contributed by atoms with E-state index in [1.54, 1.807) is 0 Å². The molecule has 1 aromatic carbocycles. The molecule has 0 aliphatic rings. The minimum absolute atomic E-state index is 0.460. The summed E-state index contributed by atoms with van der Waals surface area (Å²) in [5, 5.41) is 10.7. The number of H-pyrrole nitrogens is 1. The molecule has 2 rings (SSSR count). The fourth-order valence-corrected chi connectivity index (χ4v) is 2.67. The lowest BCUT2D eigenvalue weighted by molar-refractivity contribution is 0.510. The van der Waals surface area contributed by atoms with Crippen molar-refractivity contribution in [2.45, 2.75) is 52.5 Å². The van der Waals surface area contributed by atoms with Gasteiger partial charge in [-0.05, 0) is 55.8 Å². The molecule has 0 aliphatic carbocycles. The maximum Gasteiger partial charge on any atom is 0.0522 e. The molecule has 2 N–H and O–H groups in total. The molecular weight excluding hydrogens is 258 g/mol. The van der Waals surface area contributed by atoms with E-state index in [0.29, 0.717) is 6.04 Å². The van der Waals surface area contributed by atoms with E-state index in [9.17, 15) is 0 Å². The van der Waals surface area contributed by atoms with Crippen LogP contribution >= 0.6 is 0 Å². The van der Waals surface area contributed by atoms with Crippen molar-refractivity contribution in [3.8, 4) is 0 Å². The molecule has 0 spiro atoms. The van der Waals surface area contributed by atoms with E-state index >= 15 is 0 Å². The molecule has 0 radical (unpaired) electrons. The van der Waals surface area contributed by atoms with E-state index in [1.165, 1.54) is 22.4 Å². The van der Waals surface area contributed by atoms with E-state index < -0.39 is 0 Å². The van der Waals surface area contributed by atoms with Crippen molar-refractivity contribution in [1.29, 1.82) is 0 Å². The highest BCUT2D eigenvalue weighted by Gasteiger charge is 2.08. The fraction of sp³-hybridized carbons (Fsp3) is 0.500. The van der Waals surface area contributed by atoms with Gasteiger partial charge in [0.05, 0.1) is 6.20 Å². The zero-order valence-corrected chi connectivity index (χ0v) is 13.4. The molecule has 0 fully saturated rings. The van der Waals surface area contributed by atoms with Gasteiger partial charge in [0.25, 0.3) is 0 Å². The van der Waals surface area contributed by atoms with Gasteiger partial charge in [-0.25, -0.2) is 0 Å². The molecule has 0 saturated heterocycles. The molecule has 0 aliphatic heterocycles. The Kier molecular flexibility index (Phi) is 6.00. The van der Waals surface area contributed by atoms with Crippen LogP contribution in [0.2, 0.25) is 0 Å². The molecule has 1 unspecified atom stereocenters. The molecule has 21 heavy (non-hydrogen) atoms. The Labute approximate surface area is 128 Å². The quantitative estimate of drug-likeness (QED) is 0.721. The van der Waals surface area contributed by atoms with Crippen molar-refractivity contribution >= 4 is 0 Å². The number of aromatic nitrogens is 2. The van der Waals surface area contributed by atoms with E-state index in [-0.39, 0.29) is 0 Å². The highest BCUT2D eigenvalue weighted by atomic mass is 15.1. The van der Waals surface area contributed by atoms with Gasteiger partial charge >= 0.3 is 0 Å². The molecule has 0 saturated carbocycles. The first kappa shape index (κ1) is 15.8. The summed E-state index contributed by atoms with van der Waals surface area (Å²) in [6.07, 6.45) is 6.39. The van der Waals surface area contributed by atoms with Gasteiger partial charge in [-0.2, -0.15) is 5.10 Å². The second-order valence-corrected chi connectivity index (χ2v) is 5.63. The van der Waals surface area contributed by atoms with E-state index in [4.69, 9.17) is 0 Å². The summed E-state index contributed by atoms with van der Waals surface area (Å²) in [4.78, 5) is 0. The van der Waals surface area contributed by atoms with Gasteiger partial charge < -0.3 is 5.32 Å². The Morgan fingerprint density at radius 1 is 1.19 bits per heavy atom. The lowest BCUT2D eigenvalue weighted by Crippen LogP contribution is -2.22. The van der Waals surface area contributed by atoms with Gasteiger partial charge in [-0.1, -0.05) is 38.1 Å². The maximum atomic E-state index is 4.07. The van der Waals surface area contributed by atoms with Gasteiger partial charge in [-0.15, -0.1) is 0 Å². The monoisotopic (exact) mass is 285 g/mol. The summed E-state index contributed by atoms with van der Waals surface area (Å²) in [5.41, 5.74) is 5.33. The SMILES string of the molecule is CCc1ccc(C(CC)NCCCc2cn[nH]c2C)cc1. The van der Waals surface area contributed by atoms with Gasteiger partial charge in [0.1, 0.15) is 0 Å². The van der Waals surface area contributed by atoms with Crippen LogP contribution in [0.25, 0.3) is 0 Å². The van der Waals surface area contributed by atoms with Crippen LogP contribution in [0.3, 0.4) is 0 Å². The van der Waals surface area contributed by atoms with Gasteiger partial charge in [0.15, 0.2) is 0 Å². The number of nitrogens with zero attached hydrogens (tertiary/aromatic N) is 1. The van der Waals surface area contributed by atoms with E-state index in [1.807, 2.05) is 6.20 Å². The van der Waals surface area contributed by atoms with E-state index in [0.717, 1.165) is 32.2 Å². The Bertz CT molecular complexity index is 528. The highest BCUT2D eigenvalue weighted by Crippen LogP contribution is 2.17. The molecule has 2 aromatic rings. The summed E-state index contributed by atoms with van der Waals surface area (Å²) in [6.45, 7) is 7.56. The molecule has 1 atom stereocenters. The second-order valence-electron chi connectivity index (χ2n) is 5.63. The molecule has 3 nitrogen and oxygen atoms in total. The minimum atomic E-state index is 0.460. The first-order valence-electron chi connectivity index (χ1n) is 8.05. The Morgan fingerprint density at radius 2 is 1.95 bits per heavy atom. The van der Waals surface area contributed by atoms with Crippen molar-refractivity contribution in [2.24, 2.45) is 0 Å². The average Bonchev–Trinajstić information content (AvgIpc) is 2.93. The minimum Gasteiger partial charge on any atom is -0.310 e. The first-order chi connectivity index (χ1) is 10.2. The summed E-state index contributed by atoms with van der Waals surface area (Å²) >= 11 is 0. The molecule has 3 heteroatoms. The standard InChI is InChI=1S/C18H27N3/c1-4-15-8-10-16(11-9-15)18(5-2)19-12-6-7-17-13-20-21-14(17)3/h8-11,13,18-19H,4-7,12H2,1-3H3,(H,20,21). The molecular formula is C18H27N3. The predicted octanol–water partition coefficient (Wildman–Crippen LogP) is 3.95. The van der Waals surface area contributed by atoms with Crippen LogP contribution in [0.15, 0.2) is 30.5 Å². The van der Waals surface area contributed by atoms with Crippen molar-refractivity contribution < 1.29 is 0 Å². The molecule has 1 heterocycles. The number of aromatic amines is 1. The third kappa shape index (κ3) is 4.43. The van der Waals surface area contributed by atoms with Crippen LogP contribution in [-0.2, 0) is 12.8 Å². The topological polar surface area (TPSA) is 40.7 Å². The summed E-state index contributed by atoms with van der Waals surface area (Å²) in [7, 11) is 0. The normalized spacial score (nSPS) is 12.5. The van der Waals surface area contributed by atoms with Gasteiger partial charge in [-0.3, -0.25) is 5.10 Å². The van der Waals surface area contributed by atoms with Crippen LogP contribution < -0.4 is 5.32 Å². The zero-order valence-electron chi connectivity index (χ0n) is 13.4. The van der Waals surface area contributed by atoms with Gasteiger partial charge in [0.2, 0.25) is 0 Å². The van der Waals surface area contributed by atoms with Crippen LogP contribution in [0, 0.1) is 6.92 Å². The number of benzene rings is 1. The van der Waals surface area contributed by atoms with Crippen LogP contribution in [-0.4, -0.2) is 16.7 Å². The maximum absolute atomic E-state index is 4.07. The smallest absolute Gasteiger partial charge is 0.0522 e. The van der Waals surface area contributed by atoms with Crippen molar-refractivity contribution in [3.05, 3.63) is 52.8 Å². The number of nitrogens with one attached hydrogen (secondary N) is 2. The number of aryl methyl sites for hydroxylation is 3. The lowest BCUT2D eigenvalue weighted by Gasteiger charge is -2.17. The Hall–Kier alpha value is -1.61. The van der Waals surface area contributed by atoms with Crippen molar-refractivity contribution in [1.82, 2.24) is 15.5 Å². The summed E-state index contributed by atoms with van der Waals surface area (Å²) in [6, 6.07) is 9.48. The molecule has 0 amide bonds. The summed E-state index contributed by atoms with van der Waals surface area (Å²) in [5.74, 6) is 0. The van der Waals surface area contributed by atoms with E-state index in [2.05, 4.69) is 60.6 Å². The first-order valence-corrected chi connectivity index (χ1v) is 8.05. The number of hydrogen-bond donors (Lipinski definition) is 2. The third-order valence-electron chi connectivity index (χ3n) is 4.15. The van der Waals surface area contributed by atoms with Crippen LogP contribution in [0.1, 0.15) is 55.1 Å². The number of hydrogen-bond acceptors (Lipinski definition) is 2. The third-order valence-corrected chi connectivity index (χ3v) is 4.15. The van der Waals surface area contributed by atoms with Crippen LogP contribution in [0.4, 0.5) is 0 Å². The fourth-order valence-electron chi connectivity index (χ4n) is 2.67. The zero-order chi connectivity index (χ0) is 15.1. The predicted molar refractivity (Wildman–Crippen MR) is 88.5 cm³/mol. The summed E-state index contributed by atoms with van der Waals surface area (Å²) < 4.78 is 0. The molecule has 114 valence electrons.